The van der Waals surface area contributed by atoms with E-state index in [2.05, 4.69) is 45.2 Å². The molecule has 0 bridgehead atoms. The maximum absolute atomic E-state index is 12.9. The van der Waals surface area contributed by atoms with Crippen LogP contribution in [0.2, 0.25) is 0 Å². The molecule has 1 aliphatic rings. The molecular formula is C17H21N6O12P3S. The number of aliphatic hydroxyl groups excluding tert-OH is 1. The highest BCUT2D eigenvalue weighted by atomic mass is 32.5. The molecule has 18 nitrogen and oxygen atoms in total. The Kier molecular flexibility index (Phi) is 8.66. The zero-order valence-electron chi connectivity index (χ0n) is 19.3. The van der Waals surface area contributed by atoms with Crippen LogP contribution in [0.1, 0.15) is 16.6 Å². The average molecular weight is 626 g/mol. The maximum atomic E-state index is 12.9. The molecule has 1 aromatic carbocycles. The smallest absolute Gasteiger partial charge is 0.388 e. The molecule has 1 saturated heterocycles. The summed E-state index contributed by atoms with van der Waals surface area (Å²) in [5, 5.41) is 13.6. The van der Waals surface area contributed by atoms with Crippen molar-refractivity contribution in [1.29, 1.82) is 0 Å². The van der Waals surface area contributed by atoms with Crippen LogP contribution in [0.15, 0.2) is 43.0 Å². The highest BCUT2D eigenvalue weighted by molar-refractivity contribution is 8.08. The molecule has 0 aliphatic carbocycles. The molecule has 22 heteroatoms. The van der Waals surface area contributed by atoms with Gasteiger partial charge in [0.2, 0.25) is 0 Å². The van der Waals surface area contributed by atoms with Crippen molar-refractivity contribution in [3.8, 4) is 0 Å². The molecule has 6 atom stereocenters. The van der Waals surface area contributed by atoms with Gasteiger partial charge >= 0.3 is 22.4 Å². The Morgan fingerprint density at radius 1 is 1.10 bits per heavy atom. The van der Waals surface area contributed by atoms with Crippen LogP contribution in [0.5, 0.6) is 0 Å². The summed E-state index contributed by atoms with van der Waals surface area (Å²) in [6.45, 7) is -5.67. The van der Waals surface area contributed by atoms with Gasteiger partial charge in [-0.1, -0.05) is 18.2 Å². The Bertz CT molecular complexity index is 1510. The topological polar surface area (TPSA) is 271 Å². The number of phosphoric acid groups is 2. The summed E-state index contributed by atoms with van der Waals surface area (Å²) in [5.41, 5.74) is 6.46. The monoisotopic (exact) mass is 626 g/mol. The third-order valence-electron chi connectivity index (χ3n) is 5.18. The van der Waals surface area contributed by atoms with Gasteiger partial charge in [-0.05, 0) is 23.9 Å². The van der Waals surface area contributed by atoms with Gasteiger partial charge in [-0.15, -0.1) is 0 Å². The lowest BCUT2D eigenvalue weighted by Gasteiger charge is -2.23. The molecule has 2 unspecified atom stereocenters. The number of rotatable bonds is 10. The first-order chi connectivity index (χ1) is 18.2. The third-order valence-corrected chi connectivity index (χ3v) is 9.59. The summed E-state index contributed by atoms with van der Waals surface area (Å²) in [4.78, 5) is 62.2. The first-order valence-electron chi connectivity index (χ1n) is 10.6. The van der Waals surface area contributed by atoms with Gasteiger partial charge < -0.3 is 40.5 Å². The molecule has 0 spiro atoms. The second-order valence-electron chi connectivity index (χ2n) is 7.89. The normalized spacial score (nSPS) is 24.7. The number of amides is 1. The van der Waals surface area contributed by atoms with Crippen molar-refractivity contribution in [3.05, 3.63) is 48.5 Å². The number of carbonyl (C=O) groups is 1. The molecule has 8 N–H and O–H groups in total. The minimum absolute atomic E-state index is 0.0485. The van der Waals surface area contributed by atoms with E-state index in [1.54, 1.807) is 18.2 Å². The molecule has 0 saturated carbocycles. The average Bonchev–Trinajstić information content (AvgIpc) is 3.38. The van der Waals surface area contributed by atoms with Crippen molar-refractivity contribution >= 4 is 57.1 Å². The van der Waals surface area contributed by atoms with Crippen molar-refractivity contribution in [2.75, 3.05) is 12.3 Å². The van der Waals surface area contributed by atoms with E-state index >= 15 is 0 Å². The standard InChI is InChI=1S/C17H21N6O12P3S/c18-14-12-15(20-7-19-14)23(8-21-12)17-11(22-16(25)9-4-2-1-3-5-9)13(24)10(33-17)6-32-36(26,27)34-37(28,29)35-38(30,31)39/h1-5,7-8,10-11,13,17,24H,6H2,(H,22,25)(H,26,27)(H,28,29)(H2,18,19,20)(H2,30,31,39)/t10-,11-,13-,17-/m1/s1. The molecule has 4 rings (SSSR count). The predicted molar refractivity (Wildman–Crippen MR) is 134 cm³/mol. The maximum Gasteiger partial charge on any atom is 0.488 e. The van der Waals surface area contributed by atoms with Crippen LogP contribution >= 0.6 is 22.4 Å². The number of ether oxygens (including phenoxy) is 1. The second-order valence-corrected chi connectivity index (χ2v) is 13.7. The highest BCUT2D eigenvalue weighted by Gasteiger charge is 2.48. The van der Waals surface area contributed by atoms with E-state index in [0.717, 1.165) is 6.33 Å². The van der Waals surface area contributed by atoms with Crippen molar-refractivity contribution in [2.45, 2.75) is 24.5 Å². The predicted octanol–water partition coefficient (Wildman–Crippen LogP) is -0.0749. The largest absolute Gasteiger partial charge is 0.488 e. The number of hydrogen-bond acceptors (Lipinski definition) is 13. The van der Waals surface area contributed by atoms with E-state index in [1.807, 2.05) is 0 Å². The van der Waals surface area contributed by atoms with E-state index in [-0.39, 0.29) is 22.5 Å². The zero-order chi connectivity index (χ0) is 28.6. The molecule has 212 valence electrons. The number of carbonyl (C=O) groups excluding carboxylic acids is 1. The number of aromatic nitrogens is 4. The molecule has 3 heterocycles. The molecular weight excluding hydrogens is 605 g/mol. The van der Waals surface area contributed by atoms with Crippen LogP contribution in [-0.4, -0.2) is 75.0 Å². The number of benzene rings is 1. The number of phosphoric ester groups is 1. The number of nitrogen functional groups attached to an aromatic ring is 1. The Balaban J connectivity index is 1.57. The SMILES string of the molecule is Nc1ncnc2c1ncn2[C@@H]1O[C@H](COP(=O)(O)OP(=O)(O)OP(O)(O)=S)[C@@H](O)[C@H]1NC(=O)c1ccccc1. The number of imidazole rings is 1. The van der Waals surface area contributed by atoms with Crippen LogP contribution in [-0.2, 0) is 38.8 Å². The minimum atomic E-state index is -5.55. The fourth-order valence-corrected chi connectivity index (χ4v) is 7.42. The fraction of sp³-hybridized carbons (Fsp3) is 0.294. The number of nitrogens with zero attached hydrogens (tertiary/aromatic N) is 4. The molecule has 1 fully saturated rings. The van der Waals surface area contributed by atoms with Gasteiger partial charge in [0, 0.05) is 5.56 Å². The van der Waals surface area contributed by atoms with Crippen LogP contribution in [0.25, 0.3) is 11.2 Å². The minimum Gasteiger partial charge on any atom is -0.388 e. The van der Waals surface area contributed by atoms with Gasteiger partial charge in [-0.2, -0.15) is 4.31 Å². The Morgan fingerprint density at radius 3 is 2.46 bits per heavy atom. The number of anilines is 1. The van der Waals surface area contributed by atoms with Crippen molar-refractivity contribution < 1.29 is 56.5 Å². The molecule has 2 aromatic heterocycles. The molecule has 0 radical (unpaired) electrons. The number of nitrogens with two attached hydrogens (primary N) is 1. The summed E-state index contributed by atoms with van der Waals surface area (Å²) in [6.07, 6.45) is -1.80. The van der Waals surface area contributed by atoms with Gasteiger partial charge in [0.25, 0.3) is 5.91 Å². The number of fused-ring (bicyclic) bond motifs is 1. The lowest BCUT2D eigenvalue weighted by molar-refractivity contribution is -0.0431. The van der Waals surface area contributed by atoms with Crippen LogP contribution < -0.4 is 11.1 Å². The van der Waals surface area contributed by atoms with Crippen molar-refractivity contribution in [2.24, 2.45) is 0 Å². The van der Waals surface area contributed by atoms with Gasteiger partial charge in [-0.3, -0.25) is 13.9 Å². The first-order valence-corrected chi connectivity index (χ1v) is 16.2. The van der Waals surface area contributed by atoms with Crippen LogP contribution in [0.3, 0.4) is 0 Å². The van der Waals surface area contributed by atoms with E-state index < -0.39 is 59.4 Å². The zero-order valence-corrected chi connectivity index (χ0v) is 22.8. The van der Waals surface area contributed by atoms with Crippen molar-refractivity contribution in [3.63, 3.8) is 0 Å². The lowest BCUT2D eigenvalue weighted by Crippen LogP contribution is -2.46. The summed E-state index contributed by atoms with van der Waals surface area (Å²) in [7, 11) is -11.0. The van der Waals surface area contributed by atoms with Crippen LogP contribution in [0, 0.1) is 0 Å². The summed E-state index contributed by atoms with van der Waals surface area (Å²) >= 11 is 4.03. The first kappa shape index (κ1) is 29.8. The highest BCUT2D eigenvalue weighted by Crippen LogP contribution is 2.66. The quantitative estimate of drug-likeness (QED) is 0.145. The van der Waals surface area contributed by atoms with E-state index in [0.29, 0.717) is 0 Å². The summed E-state index contributed by atoms with van der Waals surface area (Å²) in [5.74, 6) is -0.543. The lowest BCUT2D eigenvalue weighted by atomic mass is 10.1. The van der Waals surface area contributed by atoms with Crippen LogP contribution in [0.4, 0.5) is 5.82 Å². The van der Waals surface area contributed by atoms with Gasteiger partial charge in [-0.25, -0.2) is 28.4 Å². The molecule has 1 aliphatic heterocycles. The Hall–Kier alpha value is -2.21. The fourth-order valence-electron chi connectivity index (χ4n) is 3.63. The molecule has 1 amide bonds. The Labute approximate surface area is 223 Å². The van der Waals surface area contributed by atoms with Gasteiger partial charge in [0.15, 0.2) is 17.7 Å². The van der Waals surface area contributed by atoms with Crippen molar-refractivity contribution in [1.82, 2.24) is 24.8 Å². The number of hydrogen-bond donors (Lipinski definition) is 7. The number of nitrogens with one attached hydrogen (secondary N) is 1. The second kappa shape index (κ2) is 11.3. The Morgan fingerprint density at radius 2 is 1.79 bits per heavy atom. The summed E-state index contributed by atoms with van der Waals surface area (Å²) < 4.78 is 43.6. The van der Waals surface area contributed by atoms with Gasteiger partial charge in [0.05, 0.1) is 12.9 Å². The number of aliphatic hydroxyl groups is 1. The van der Waals surface area contributed by atoms with E-state index in [1.165, 1.54) is 23.0 Å². The van der Waals surface area contributed by atoms with E-state index in [9.17, 15) is 28.8 Å². The summed E-state index contributed by atoms with van der Waals surface area (Å²) in [6, 6.07) is 6.80. The third kappa shape index (κ3) is 7.31. The molecule has 3 aromatic rings. The van der Waals surface area contributed by atoms with E-state index in [4.69, 9.17) is 20.3 Å². The molecule has 39 heavy (non-hydrogen) atoms. The van der Waals surface area contributed by atoms with Gasteiger partial charge in [0.1, 0.15) is 30.1 Å².